The van der Waals surface area contributed by atoms with Crippen LogP contribution >= 0.6 is 23.2 Å². The number of ether oxygens (including phenoxy) is 1. The Bertz CT molecular complexity index is 508. The number of amides is 1. The standard InChI is InChI=1S/C14H17Cl2NO4/c1-2-9(7-14(19)20)17-13(18)5-6-21-10-3-4-11(15)12(16)8-10/h3-4,8-9H,2,5-7H2,1H3,(H,17,18)(H,19,20). The molecule has 0 saturated heterocycles. The van der Waals surface area contributed by atoms with Gasteiger partial charge in [0.15, 0.2) is 0 Å². The maximum absolute atomic E-state index is 11.7. The first-order chi connectivity index (χ1) is 9.92. The van der Waals surface area contributed by atoms with Crippen molar-refractivity contribution in [2.45, 2.75) is 32.2 Å². The van der Waals surface area contributed by atoms with Gasteiger partial charge in [-0.15, -0.1) is 0 Å². The number of rotatable bonds is 8. The van der Waals surface area contributed by atoms with Gasteiger partial charge in [0.1, 0.15) is 5.75 Å². The Kier molecular flexibility index (Phi) is 7.32. The molecule has 0 aliphatic carbocycles. The van der Waals surface area contributed by atoms with Crippen LogP contribution in [0.2, 0.25) is 10.0 Å². The first-order valence-electron chi connectivity index (χ1n) is 6.51. The number of nitrogens with one attached hydrogen (secondary N) is 1. The highest BCUT2D eigenvalue weighted by atomic mass is 35.5. The SMILES string of the molecule is CCC(CC(=O)O)NC(=O)CCOc1ccc(Cl)c(Cl)c1. The summed E-state index contributed by atoms with van der Waals surface area (Å²) in [6.07, 6.45) is 0.609. The highest BCUT2D eigenvalue weighted by molar-refractivity contribution is 6.42. The zero-order valence-corrected chi connectivity index (χ0v) is 13.1. The molecule has 1 unspecified atom stereocenters. The molecule has 5 nitrogen and oxygen atoms in total. The van der Waals surface area contributed by atoms with Crippen molar-refractivity contribution in [3.8, 4) is 5.75 Å². The Labute approximate surface area is 133 Å². The van der Waals surface area contributed by atoms with Crippen LogP contribution in [0.4, 0.5) is 0 Å². The summed E-state index contributed by atoms with van der Waals surface area (Å²) < 4.78 is 5.39. The van der Waals surface area contributed by atoms with Crippen molar-refractivity contribution in [3.05, 3.63) is 28.2 Å². The molecule has 0 bridgehead atoms. The van der Waals surface area contributed by atoms with E-state index in [0.717, 1.165) is 0 Å². The van der Waals surface area contributed by atoms with E-state index in [0.29, 0.717) is 22.2 Å². The number of halogens is 2. The van der Waals surface area contributed by atoms with Gasteiger partial charge in [-0.2, -0.15) is 0 Å². The van der Waals surface area contributed by atoms with Gasteiger partial charge in [-0.1, -0.05) is 30.1 Å². The molecule has 21 heavy (non-hydrogen) atoms. The van der Waals surface area contributed by atoms with Crippen molar-refractivity contribution in [2.75, 3.05) is 6.61 Å². The molecule has 0 aliphatic rings. The molecule has 7 heteroatoms. The molecule has 0 aliphatic heterocycles. The zero-order chi connectivity index (χ0) is 15.8. The predicted octanol–water partition coefficient (Wildman–Crippen LogP) is 3.13. The second-order valence-corrected chi connectivity index (χ2v) is 5.26. The number of benzene rings is 1. The van der Waals surface area contributed by atoms with Crippen molar-refractivity contribution in [1.29, 1.82) is 0 Å². The summed E-state index contributed by atoms with van der Waals surface area (Å²) in [6.45, 7) is 1.99. The lowest BCUT2D eigenvalue weighted by Gasteiger charge is -2.15. The summed E-state index contributed by atoms with van der Waals surface area (Å²) in [5, 5.41) is 12.2. The van der Waals surface area contributed by atoms with Gasteiger partial charge in [0.05, 0.1) is 29.5 Å². The monoisotopic (exact) mass is 333 g/mol. The normalized spacial score (nSPS) is 11.8. The van der Waals surface area contributed by atoms with Gasteiger partial charge in [-0.3, -0.25) is 9.59 Å². The maximum Gasteiger partial charge on any atom is 0.305 e. The number of carboxylic acid groups (broad SMARTS) is 1. The summed E-state index contributed by atoms with van der Waals surface area (Å²) in [6, 6.07) is 4.48. The third kappa shape index (κ3) is 6.69. The van der Waals surface area contributed by atoms with Crippen LogP contribution in [-0.2, 0) is 9.59 Å². The van der Waals surface area contributed by atoms with Crippen LogP contribution in [0.25, 0.3) is 0 Å². The Morgan fingerprint density at radius 1 is 1.33 bits per heavy atom. The van der Waals surface area contributed by atoms with Crippen molar-refractivity contribution < 1.29 is 19.4 Å². The third-order valence-electron chi connectivity index (χ3n) is 2.77. The molecule has 0 heterocycles. The highest BCUT2D eigenvalue weighted by Gasteiger charge is 2.13. The van der Waals surface area contributed by atoms with Crippen molar-refractivity contribution in [1.82, 2.24) is 5.32 Å². The van der Waals surface area contributed by atoms with Gasteiger partial charge in [0.2, 0.25) is 5.91 Å². The topological polar surface area (TPSA) is 75.6 Å². The lowest BCUT2D eigenvalue weighted by Crippen LogP contribution is -2.36. The Hall–Kier alpha value is -1.46. The second kappa shape index (κ2) is 8.74. The first kappa shape index (κ1) is 17.6. The Morgan fingerprint density at radius 3 is 2.62 bits per heavy atom. The van der Waals surface area contributed by atoms with Gasteiger partial charge in [-0.05, 0) is 18.6 Å². The van der Waals surface area contributed by atoms with Gasteiger partial charge < -0.3 is 15.2 Å². The van der Waals surface area contributed by atoms with Crippen LogP contribution in [0.3, 0.4) is 0 Å². The van der Waals surface area contributed by atoms with E-state index in [1.807, 2.05) is 6.92 Å². The molecule has 2 N–H and O–H groups in total. The number of hydrogen-bond acceptors (Lipinski definition) is 3. The lowest BCUT2D eigenvalue weighted by atomic mass is 10.1. The van der Waals surface area contributed by atoms with E-state index in [4.69, 9.17) is 33.0 Å². The molecule has 1 rings (SSSR count). The fourth-order valence-electron chi connectivity index (χ4n) is 1.64. The van der Waals surface area contributed by atoms with Crippen LogP contribution in [0.5, 0.6) is 5.75 Å². The number of aliphatic carboxylic acids is 1. The Morgan fingerprint density at radius 2 is 2.05 bits per heavy atom. The smallest absolute Gasteiger partial charge is 0.305 e. The minimum absolute atomic E-state index is 0.0874. The molecule has 0 spiro atoms. The van der Waals surface area contributed by atoms with Gasteiger partial charge in [-0.25, -0.2) is 0 Å². The largest absolute Gasteiger partial charge is 0.493 e. The van der Waals surface area contributed by atoms with Crippen LogP contribution in [0.15, 0.2) is 18.2 Å². The minimum atomic E-state index is -0.936. The fourth-order valence-corrected chi connectivity index (χ4v) is 1.92. The minimum Gasteiger partial charge on any atom is -0.493 e. The number of carbonyl (C=O) groups is 2. The number of hydrogen-bond donors (Lipinski definition) is 2. The molecule has 1 aromatic rings. The number of carboxylic acids is 1. The molecule has 1 aromatic carbocycles. The summed E-state index contributed by atoms with van der Waals surface area (Å²) in [7, 11) is 0. The molecule has 116 valence electrons. The van der Waals surface area contributed by atoms with Gasteiger partial charge in [0, 0.05) is 12.1 Å². The molecular formula is C14H17Cl2NO4. The summed E-state index contributed by atoms with van der Waals surface area (Å²) in [4.78, 5) is 22.3. The van der Waals surface area contributed by atoms with Crippen LogP contribution < -0.4 is 10.1 Å². The first-order valence-corrected chi connectivity index (χ1v) is 7.27. The average Bonchev–Trinajstić information content (AvgIpc) is 2.41. The fraction of sp³-hybridized carbons (Fsp3) is 0.429. The number of carbonyl (C=O) groups excluding carboxylic acids is 1. The van der Waals surface area contributed by atoms with Gasteiger partial charge in [0.25, 0.3) is 0 Å². The quantitative estimate of drug-likeness (QED) is 0.766. The summed E-state index contributed by atoms with van der Waals surface area (Å²) in [5.74, 6) is -0.660. The van der Waals surface area contributed by atoms with E-state index in [1.54, 1.807) is 18.2 Å². The lowest BCUT2D eigenvalue weighted by molar-refractivity contribution is -0.137. The molecule has 0 saturated carbocycles. The molecular weight excluding hydrogens is 317 g/mol. The van der Waals surface area contributed by atoms with Crippen LogP contribution in [0.1, 0.15) is 26.2 Å². The van der Waals surface area contributed by atoms with E-state index in [9.17, 15) is 9.59 Å². The summed E-state index contributed by atoms with van der Waals surface area (Å²) in [5.41, 5.74) is 0. The van der Waals surface area contributed by atoms with Crippen molar-refractivity contribution in [3.63, 3.8) is 0 Å². The van der Waals surface area contributed by atoms with E-state index >= 15 is 0 Å². The van der Waals surface area contributed by atoms with Crippen LogP contribution in [-0.4, -0.2) is 29.6 Å². The van der Waals surface area contributed by atoms with Crippen LogP contribution in [0, 0.1) is 0 Å². The summed E-state index contributed by atoms with van der Waals surface area (Å²) >= 11 is 11.6. The zero-order valence-electron chi connectivity index (χ0n) is 11.6. The second-order valence-electron chi connectivity index (χ2n) is 4.44. The van der Waals surface area contributed by atoms with Gasteiger partial charge >= 0.3 is 5.97 Å². The Balaban J connectivity index is 2.35. The predicted molar refractivity (Wildman–Crippen MR) is 81.0 cm³/mol. The van der Waals surface area contributed by atoms with Crippen molar-refractivity contribution in [2.24, 2.45) is 0 Å². The van der Waals surface area contributed by atoms with E-state index in [-0.39, 0.29) is 31.4 Å². The van der Waals surface area contributed by atoms with E-state index in [1.165, 1.54) is 0 Å². The van der Waals surface area contributed by atoms with E-state index < -0.39 is 5.97 Å². The molecule has 1 amide bonds. The molecule has 0 fully saturated rings. The third-order valence-corrected chi connectivity index (χ3v) is 3.51. The maximum atomic E-state index is 11.7. The molecule has 1 atom stereocenters. The van der Waals surface area contributed by atoms with E-state index in [2.05, 4.69) is 5.32 Å². The van der Waals surface area contributed by atoms with Crippen molar-refractivity contribution >= 4 is 35.1 Å². The average molecular weight is 334 g/mol. The molecule has 0 radical (unpaired) electrons. The molecule has 0 aromatic heterocycles. The highest BCUT2D eigenvalue weighted by Crippen LogP contribution is 2.26.